The molecule has 0 heterocycles. The molecule has 0 saturated carbocycles. The third-order valence-electron chi connectivity index (χ3n) is 2.83. The van der Waals surface area contributed by atoms with Crippen LogP contribution in [-0.4, -0.2) is 41.7 Å². The van der Waals surface area contributed by atoms with Gasteiger partial charge in [0.15, 0.2) is 0 Å². The van der Waals surface area contributed by atoms with E-state index in [-0.39, 0.29) is 44.5 Å². The molecule has 1 aromatic rings. The molecule has 0 aromatic heterocycles. The molecule has 0 aliphatic heterocycles. The van der Waals surface area contributed by atoms with Crippen molar-refractivity contribution in [1.82, 2.24) is 0 Å². The van der Waals surface area contributed by atoms with Gasteiger partial charge >= 0.3 is 0 Å². The van der Waals surface area contributed by atoms with Gasteiger partial charge in [0.25, 0.3) is 0 Å². The van der Waals surface area contributed by atoms with Gasteiger partial charge < -0.3 is 47.0 Å². The number of nitrogen functional groups attached to an aromatic ring is 1. The van der Waals surface area contributed by atoms with Crippen LogP contribution in [0.5, 0.6) is 0 Å². The van der Waals surface area contributed by atoms with Crippen LogP contribution in [0, 0.1) is 20.5 Å². The monoisotopic (exact) mass is 507 g/mol. The van der Waals surface area contributed by atoms with Gasteiger partial charge in [0.2, 0.25) is 10.0 Å². The SMILES string of the molecule is CC(=N/[O-])/C(C)=N\O.CC(=N/[O-])/C(C)=N\O.Nc1ccc(S(N)(=O)=O)cc1.O=N[O-].[Co]. The van der Waals surface area contributed by atoms with Crippen LogP contribution < -0.4 is 10.9 Å². The van der Waals surface area contributed by atoms with Crippen molar-refractivity contribution in [2.75, 3.05) is 5.73 Å². The largest absolute Gasteiger partial charge is 0.792 e. The Kier molecular flexibility index (Phi) is 22.7. The minimum absolute atomic E-state index is 0. The molecule has 0 spiro atoms. The number of anilines is 1. The van der Waals surface area contributed by atoms with Crippen molar-refractivity contribution >= 4 is 38.6 Å². The number of hydrogen-bond acceptors (Lipinski definition) is 14. The van der Waals surface area contributed by atoms with Gasteiger partial charge in [0, 0.05) is 22.5 Å². The van der Waals surface area contributed by atoms with E-state index in [0.29, 0.717) is 5.69 Å². The van der Waals surface area contributed by atoms with Crippen molar-refractivity contribution in [2.24, 2.45) is 31.1 Å². The fraction of sp³-hybridized carbons (Fsp3) is 0.286. The molecule has 0 atom stereocenters. The molecule has 0 aliphatic carbocycles. The molecule has 0 amide bonds. The van der Waals surface area contributed by atoms with Crippen LogP contribution >= 0.6 is 0 Å². The molecular weight excluding hydrogens is 485 g/mol. The Labute approximate surface area is 188 Å². The number of rotatable bonds is 3. The minimum atomic E-state index is -3.58. The summed E-state index contributed by atoms with van der Waals surface area (Å²) in [4.78, 5) is 8.08. The van der Waals surface area contributed by atoms with Crippen LogP contribution in [0.15, 0.2) is 55.1 Å². The number of nitrogens with two attached hydrogens (primary N) is 2. The van der Waals surface area contributed by atoms with Gasteiger partial charge in [0.1, 0.15) is 0 Å². The van der Waals surface area contributed by atoms with Gasteiger partial charge in [-0.3, -0.25) is 0 Å². The summed E-state index contributed by atoms with van der Waals surface area (Å²) in [6.07, 6.45) is 0. The standard InChI is InChI=1S/C6H8N2O2S.2C4H8N2O2.Co.HNO2/c7-5-1-3-6(4-2-5)11(8,9)10;2*1-3(5-7)4(2)6-8;;2-1-3/h1-4H,7H2,(H2,8,9,10);2*7-8H,1-2H3;;(H,2,3)/p-3/b;2*5-3-,6-4-;;. The molecule has 0 aliphatic rings. The summed E-state index contributed by atoms with van der Waals surface area (Å²) in [6, 6.07) is 5.70. The van der Waals surface area contributed by atoms with Crippen molar-refractivity contribution in [3.8, 4) is 0 Å². The zero-order chi connectivity index (χ0) is 24.3. The zero-order valence-electron chi connectivity index (χ0n) is 16.8. The third kappa shape index (κ3) is 19.8. The van der Waals surface area contributed by atoms with E-state index in [0.717, 1.165) is 5.34 Å². The van der Waals surface area contributed by atoms with Gasteiger partial charge in [-0.2, -0.15) is 0 Å². The number of benzene rings is 1. The van der Waals surface area contributed by atoms with Crippen LogP contribution in [0.2, 0.25) is 0 Å². The van der Waals surface area contributed by atoms with Gasteiger partial charge in [0.05, 0.1) is 27.7 Å². The average Bonchev–Trinajstić information content (AvgIpc) is 2.72. The van der Waals surface area contributed by atoms with E-state index in [1.165, 1.54) is 52.0 Å². The molecule has 179 valence electrons. The molecular formula is C14H22CoN7O8S-3. The van der Waals surface area contributed by atoms with Gasteiger partial charge in [-0.25, -0.2) is 13.6 Å². The second-order valence-electron chi connectivity index (χ2n) is 4.91. The predicted molar refractivity (Wildman–Crippen MR) is 114 cm³/mol. The van der Waals surface area contributed by atoms with E-state index in [1.807, 2.05) is 0 Å². The summed E-state index contributed by atoms with van der Waals surface area (Å²) in [5.41, 5.74) is 6.75. The third-order valence-corrected chi connectivity index (χ3v) is 3.76. The van der Waals surface area contributed by atoms with Gasteiger partial charge in [-0.05, 0) is 52.0 Å². The zero-order valence-corrected chi connectivity index (χ0v) is 18.6. The minimum Gasteiger partial charge on any atom is -0.792 e. The normalized spacial score (nSPS) is 11.8. The van der Waals surface area contributed by atoms with Gasteiger partial charge in [-0.1, -0.05) is 10.3 Å². The number of hydrogen-bond donors (Lipinski definition) is 4. The maximum atomic E-state index is 10.7. The van der Waals surface area contributed by atoms with Crippen molar-refractivity contribution in [2.45, 2.75) is 32.6 Å². The number of nitrogens with zero attached hydrogens (tertiary/aromatic N) is 5. The molecule has 0 bridgehead atoms. The summed E-state index contributed by atoms with van der Waals surface area (Å²) < 4.78 is 21.4. The quantitative estimate of drug-likeness (QED) is 0.152. The van der Waals surface area contributed by atoms with Crippen molar-refractivity contribution < 1.29 is 35.6 Å². The molecule has 1 radical (unpaired) electrons. The maximum Gasteiger partial charge on any atom is 0.238 e. The summed E-state index contributed by atoms with van der Waals surface area (Å²) in [5, 5.41) is 59.7. The van der Waals surface area contributed by atoms with Crippen molar-refractivity contribution in [3.05, 3.63) is 44.8 Å². The smallest absolute Gasteiger partial charge is 0.238 e. The second-order valence-corrected chi connectivity index (χ2v) is 6.47. The topological polar surface area (TPSA) is 275 Å². The molecule has 15 nitrogen and oxygen atoms in total. The average molecular weight is 507 g/mol. The second kappa shape index (κ2) is 20.0. The Morgan fingerprint density at radius 1 is 0.839 bits per heavy atom. The first kappa shape index (κ1) is 35.2. The fourth-order valence-corrected chi connectivity index (χ4v) is 1.45. The number of primary sulfonamides is 1. The van der Waals surface area contributed by atoms with Crippen LogP contribution in [0.3, 0.4) is 0 Å². The Balaban J connectivity index is -0.000000166. The molecule has 31 heavy (non-hydrogen) atoms. The molecule has 0 unspecified atom stereocenters. The van der Waals surface area contributed by atoms with Crippen LogP contribution in [0.4, 0.5) is 5.69 Å². The Bertz CT molecular complexity index is 792. The molecule has 0 fully saturated rings. The fourth-order valence-electron chi connectivity index (χ4n) is 0.934. The Hall–Kier alpha value is -3.28. The number of sulfonamides is 1. The van der Waals surface area contributed by atoms with Crippen molar-refractivity contribution in [3.63, 3.8) is 0 Å². The summed E-state index contributed by atoms with van der Waals surface area (Å²) in [6.45, 7) is 5.94. The molecule has 17 heteroatoms. The van der Waals surface area contributed by atoms with Gasteiger partial charge in [-0.15, -0.1) is 5.34 Å². The number of oxime groups is 2. The summed E-state index contributed by atoms with van der Waals surface area (Å²) in [7, 11) is -3.58. The summed E-state index contributed by atoms with van der Waals surface area (Å²) in [5.74, 6) is 0. The first-order chi connectivity index (χ1) is 13.9. The first-order valence-corrected chi connectivity index (χ1v) is 8.95. The van der Waals surface area contributed by atoms with E-state index < -0.39 is 10.0 Å². The van der Waals surface area contributed by atoms with Crippen molar-refractivity contribution in [1.29, 1.82) is 0 Å². The van der Waals surface area contributed by atoms with Crippen LogP contribution in [0.1, 0.15) is 27.7 Å². The van der Waals surface area contributed by atoms with Crippen LogP contribution in [0.25, 0.3) is 0 Å². The molecule has 6 N–H and O–H groups in total. The van der Waals surface area contributed by atoms with E-state index >= 15 is 0 Å². The molecule has 0 saturated heterocycles. The Morgan fingerprint density at radius 3 is 1.29 bits per heavy atom. The Morgan fingerprint density at radius 2 is 1.13 bits per heavy atom. The predicted octanol–water partition coefficient (Wildman–Crippen LogP) is 1.75. The maximum absolute atomic E-state index is 10.7. The molecule has 1 rings (SSSR count). The van der Waals surface area contributed by atoms with E-state index in [9.17, 15) is 18.8 Å². The molecule has 1 aromatic carbocycles. The van der Waals surface area contributed by atoms with E-state index in [4.69, 9.17) is 31.4 Å². The van der Waals surface area contributed by atoms with Crippen LogP contribution in [-0.2, 0) is 26.8 Å². The first-order valence-electron chi connectivity index (χ1n) is 7.41. The van der Waals surface area contributed by atoms with E-state index in [1.54, 1.807) is 0 Å². The van der Waals surface area contributed by atoms with E-state index in [2.05, 4.69) is 20.6 Å². The summed E-state index contributed by atoms with van der Waals surface area (Å²) >= 11 is 0.